The molecule has 0 saturated heterocycles. The summed E-state index contributed by atoms with van der Waals surface area (Å²) in [7, 11) is 1.73. The van der Waals surface area contributed by atoms with Gasteiger partial charge in [-0.3, -0.25) is 24.3 Å². The van der Waals surface area contributed by atoms with Crippen LogP contribution in [0.3, 0.4) is 0 Å². The van der Waals surface area contributed by atoms with Crippen molar-refractivity contribution in [2.45, 2.75) is 11.7 Å². The van der Waals surface area contributed by atoms with Gasteiger partial charge in [0.2, 0.25) is 5.91 Å². The predicted molar refractivity (Wildman–Crippen MR) is 128 cm³/mol. The molecule has 1 N–H and O–H groups in total. The molecule has 9 heteroatoms. The zero-order valence-corrected chi connectivity index (χ0v) is 18.9. The van der Waals surface area contributed by atoms with Crippen LogP contribution in [0.25, 0.3) is 20.7 Å². The molecule has 0 spiro atoms. The number of aryl methyl sites for hydroxylation is 1. The van der Waals surface area contributed by atoms with E-state index in [4.69, 9.17) is 0 Å². The van der Waals surface area contributed by atoms with Crippen molar-refractivity contribution in [1.29, 1.82) is 0 Å². The Morgan fingerprint density at radius 3 is 2.69 bits per heavy atom. The molecule has 0 bridgehead atoms. The normalized spacial score (nSPS) is 10.9. The second kappa shape index (κ2) is 9.37. The first kappa shape index (κ1) is 21.8. The highest BCUT2D eigenvalue weighted by molar-refractivity contribution is 7.99. The molecule has 0 atom stereocenters. The second-order valence-electron chi connectivity index (χ2n) is 6.96. The Hall–Kier alpha value is -3.43. The molecule has 1 aromatic carbocycles. The average molecular weight is 465 g/mol. The van der Waals surface area contributed by atoms with Crippen LogP contribution in [0.15, 0.2) is 77.3 Å². The summed E-state index contributed by atoms with van der Waals surface area (Å²) in [4.78, 5) is 43.3. The van der Waals surface area contributed by atoms with Crippen molar-refractivity contribution in [3.63, 3.8) is 0 Å². The lowest BCUT2D eigenvalue weighted by molar-refractivity contribution is -0.117. The molecule has 0 aliphatic carbocycles. The average Bonchev–Trinajstić information content (AvgIpc) is 3.41. The van der Waals surface area contributed by atoms with Gasteiger partial charge >= 0.3 is 0 Å². The molecule has 0 aliphatic rings. The van der Waals surface area contributed by atoms with Gasteiger partial charge in [-0.05, 0) is 23.8 Å². The van der Waals surface area contributed by atoms with E-state index >= 15 is 0 Å². The number of aromatic nitrogens is 3. The molecule has 3 aromatic heterocycles. The van der Waals surface area contributed by atoms with E-state index in [1.54, 1.807) is 36.0 Å². The maximum absolute atomic E-state index is 13.1. The molecule has 7 nitrogen and oxygen atoms in total. The Morgan fingerprint density at radius 2 is 2.00 bits per heavy atom. The number of nitrogens with zero attached hydrogens (tertiary/aromatic N) is 3. The van der Waals surface area contributed by atoms with Gasteiger partial charge in [-0.1, -0.05) is 48.2 Å². The van der Waals surface area contributed by atoms with Crippen LogP contribution in [0.4, 0.5) is 0 Å². The van der Waals surface area contributed by atoms with Crippen LogP contribution in [0.5, 0.6) is 0 Å². The second-order valence-corrected chi connectivity index (χ2v) is 8.95. The number of allylic oxidation sites excluding steroid dienone is 1. The van der Waals surface area contributed by atoms with E-state index in [1.807, 2.05) is 36.4 Å². The van der Waals surface area contributed by atoms with Gasteiger partial charge in [0, 0.05) is 24.7 Å². The number of hydrogen-bond donors (Lipinski definition) is 1. The van der Waals surface area contributed by atoms with Gasteiger partial charge in [0.25, 0.3) is 11.5 Å². The largest absolute Gasteiger partial charge is 0.347 e. The first-order valence-electron chi connectivity index (χ1n) is 9.77. The van der Waals surface area contributed by atoms with E-state index in [0.717, 1.165) is 22.2 Å². The van der Waals surface area contributed by atoms with E-state index in [-0.39, 0.29) is 17.9 Å². The number of carbonyl (C=O) groups excluding carboxylic acids is 2. The third kappa shape index (κ3) is 4.44. The van der Waals surface area contributed by atoms with Crippen molar-refractivity contribution < 1.29 is 9.59 Å². The van der Waals surface area contributed by atoms with Crippen LogP contribution in [-0.4, -0.2) is 31.7 Å². The number of amides is 2. The number of rotatable bonds is 7. The summed E-state index contributed by atoms with van der Waals surface area (Å²) in [5.74, 6) is -0.989. The van der Waals surface area contributed by atoms with Crippen molar-refractivity contribution in [1.82, 2.24) is 19.4 Å². The summed E-state index contributed by atoms with van der Waals surface area (Å²) >= 11 is 2.50. The molecule has 4 aromatic rings. The number of fused-ring (bicyclic) bond motifs is 1. The number of nitrogens with one attached hydrogen (secondary N) is 1. The Morgan fingerprint density at radius 1 is 1.22 bits per heavy atom. The molecule has 0 unspecified atom stereocenters. The standard InChI is InChI=1S/C23H20N4O3S2/c1-3-11-27-22(30)20-16(13-18(32-20)15-8-5-4-6-9-15)24-23(27)31-14-19(28)25-21(29)17-10-7-12-26(17)2/h3-10,12-13H,1,11,14H2,2H3,(H,25,28,29). The molecule has 0 saturated carbocycles. The van der Waals surface area contributed by atoms with Gasteiger partial charge in [-0.2, -0.15) is 0 Å². The Kier molecular flexibility index (Phi) is 6.38. The fraction of sp³-hybridized carbons (Fsp3) is 0.130. The fourth-order valence-corrected chi connectivity index (χ4v) is 5.05. The molecule has 162 valence electrons. The summed E-state index contributed by atoms with van der Waals surface area (Å²) in [5, 5.41) is 2.77. The van der Waals surface area contributed by atoms with Crippen molar-refractivity contribution in [3.05, 3.63) is 83.4 Å². The maximum atomic E-state index is 13.1. The smallest absolute Gasteiger partial charge is 0.274 e. The van der Waals surface area contributed by atoms with Crippen LogP contribution in [0.2, 0.25) is 0 Å². The molecule has 4 rings (SSSR count). The molecule has 3 heterocycles. The molecule has 32 heavy (non-hydrogen) atoms. The molecular weight excluding hydrogens is 444 g/mol. The van der Waals surface area contributed by atoms with Crippen LogP contribution >= 0.6 is 23.1 Å². The van der Waals surface area contributed by atoms with E-state index in [1.165, 1.54) is 15.9 Å². The molecule has 0 aliphatic heterocycles. The zero-order chi connectivity index (χ0) is 22.7. The number of hydrogen-bond acceptors (Lipinski definition) is 6. The van der Waals surface area contributed by atoms with Crippen LogP contribution in [0, 0.1) is 0 Å². The topological polar surface area (TPSA) is 86.0 Å². The number of benzene rings is 1. The van der Waals surface area contributed by atoms with Gasteiger partial charge in [0.05, 0.1) is 11.3 Å². The number of thiophene rings is 1. The highest BCUT2D eigenvalue weighted by Crippen LogP contribution is 2.31. The minimum absolute atomic E-state index is 0.0546. The summed E-state index contributed by atoms with van der Waals surface area (Å²) < 4.78 is 3.68. The minimum Gasteiger partial charge on any atom is -0.347 e. The molecule has 2 amide bonds. The first-order valence-corrected chi connectivity index (χ1v) is 11.6. The van der Waals surface area contributed by atoms with Crippen molar-refractivity contribution in [2.75, 3.05) is 5.75 Å². The van der Waals surface area contributed by atoms with E-state index in [2.05, 4.69) is 16.9 Å². The monoisotopic (exact) mass is 464 g/mol. The van der Waals surface area contributed by atoms with E-state index in [0.29, 0.717) is 21.1 Å². The van der Waals surface area contributed by atoms with Gasteiger partial charge < -0.3 is 4.57 Å². The number of carbonyl (C=O) groups is 2. The maximum Gasteiger partial charge on any atom is 0.274 e. The highest BCUT2D eigenvalue weighted by Gasteiger charge is 2.17. The SMILES string of the molecule is C=CCn1c(SCC(=O)NC(=O)c2cccn2C)nc2cc(-c3ccccc3)sc2c1=O. The summed E-state index contributed by atoms with van der Waals surface area (Å²) in [6.07, 6.45) is 3.34. The van der Waals surface area contributed by atoms with Crippen molar-refractivity contribution in [2.24, 2.45) is 7.05 Å². The van der Waals surface area contributed by atoms with Crippen LogP contribution in [-0.2, 0) is 18.4 Å². The van der Waals surface area contributed by atoms with Crippen molar-refractivity contribution >= 4 is 45.1 Å². The third-order valence-electron chi connectivity index (χ3n) is 4.73. The Bertz CT molecular complexity index is 1370. The summed E-state index contributed by atoms with van der Waals surface area (Å²) in [6, 6.07) is 15.0. The van der Waals surface area contributed by atoms with Gasteiger partial charge in [-0.25, -0.2) is 4.98 Å². The Balaban J connectivity index is 1.58. The van der Waals surface area contributed by atoms with Gasteiger partial charge in [-0.15, -0.1) is 17.9 Å². The van der Waals surface area contributed by atoms with E-state index < -0.39 is 11.8 Å². The lowest BCUT2D eigenvalue weighted by atomic mass is 10.2. The lowest BCUT2D eigenvalue weighted by Crippen LogP contribution is -2.33. The summed E-state index contributed by atoms with van der Waals surface area (Å²) in [6.45, 7) is 3.99. The summed E-state index contributed by atoms with van der Waals surface area (Å²) in [5.41, 5.74) is 1.81. The molecule has 0 fully saturated rings. The zero-order valence-electron chi connectivity index (χ0n) is 17.3. The predicted octanol–water partition coefficient (Wildman–Crippen LogP) is 3.70. The minimum atomic E-state index is -0.472. The number of imide groups is 1. The first-order chi connectivity index (χ1) is 15.5. The molecular formula is C23H20N4O3S2. The van der Waals surface area contributed by atoms with Gasteiger partial charge in [0.15, 0.2) is 5.16 Å². The quantitative estimate of drug-likeness (QED) is 0.256. The Labute approximate surface area is 192 Å². The van der Waals surface area contributed by atoms with Crippen molar-refractivity contribution in [3.8, 4) is 10.4 Å². The van der Waals surface area contributed by atoms with Crippen LogP contribution in [0.1, 0.15) is 10.5 Å². The van der Waals surface area contributed by atoms with Gasteiger partial charge in [0.1, 0.15) is 10.4 Å². The highest BCUT2D eigenvalue weighted by atomic mass is 32.2. The fourth-order valence-electron chi connectivity index (χ4n) is 3.19. The lowest BCUT2D eigenvalue weighted by Gasteiger charge is -2.10. The number of thioether (sulfide) groups is 1. The van der Waals surface area contributed by atoms with Crippen LogP contribution < -0.4 is 10.9 Å². The third-order valence-corrected chi connectivity index (χ3v) is 6.87. The van der Waals surface area contributed by atoms with E-state index in [9.17, 15) is 14.4 Å². The molecule has 0 radical (unpaired) electrons.